The average Bonchev–Trinajstić information content (AvgIpc) is 3.36. The van der Waals surface area contributed by atoms with Crippen LogP contribution in [-0.4, -0.2) is 140 Å². The van der Waals surface area contributed by atoms with E-state index in [0.29, 0.717) is 6.42 Å². The first-order valence-corrected chi connectivity index (χ1v) is 28.9. The molecular formula is C56H107NO13. The molecule has 0 spiro atoms. The molecule has 2 rings (SSSR count). The lowest BCUT2D eigenvalue weighted by atomic mass is 9.97. The highest BCUT2D eigenvalue weighted by molar-refractivity contribution is 5.76. The quantitative estimate of drug-likeness (QED) is 0.0205. The van der Waals surface area contributed by atoms with Gasteiger partial charge >= 0.3 is 0 Å². The number of hydrogen-bond donors (Lipinski definition) is 9. The van der Waals surface area contributed by atoms with Crippen LogP contribution in [0.3, 0.4) is 0 Å². The number of carbonyl (C=O) groups excluding carboxylic acids is 1. The maximum absolute atomic E-state index is 13.2. The number of unbranched alkanes of at least 4 members (excludes halogenated alkanes) is 33. The Morgan fingerprint density at radius 3 is 1.31 bits per heavy atom. The predicted molar refractivity (Wildman–Crippen MR) is 277 cm³/mol. The van der Waals surface area contributed by atoms with Crippen LogP contribution in [-0.2, 0) is 23.7 Å². The van der Waals surface area contributed by atoms with E-state index in [1.54, 1.807) is 6.08 Å². The Morgan fingerprint density at radius 1 is 0.500 bits per heavy atom. The van der Waals surface area contributed by atoms with Gasteiger partial charge in [-0.3, -0.25) is 4.79 Å². The molecule has 9 N–H and O–H groups in total. The predicted octanol–water partition coefficient (Wildman–Crippen LogP) is 9.11. The number of ether oxygens (including phenoxy) is 4. The van der Waals surface area contributed by atoms with E-state index in [2.05, 4.69) is 19.2 Å². The van der Waals surface area contributed by atoms with Crippen molar-refractivity contribution < 1.29 is 64.6 Å². The third kappa shape index (κ3) is 29.0. The molecule has 0 radical (unpaired) electrons. The highest BCUT2D eigenvalue weighted by Gasteiger charge is 2.51. The van der Waals surface area contributed by atoms with Crippen LogP contribution in [0.15, 0.2) is 12.2 Å². The van der Waals surface area contributed by atoms with Crippen LogP contribution in [0, 0.1) is 0 Å². The van der Waals surface area contributed by atoms with E-state index in [-0.39, 0.29) is 18.9 Å². The van der Waals surface area contributed by atoms with Crippen LogP contribution in [0.4, 0.5) is 0 Å². The van der Waals surface area contributed by atoms with Gasteiger partial charge in [0.05, 0.1) is 32.0 Å². The Hall–Kier alpha value is -1.27. The molecule has 0 saturated carbocycles. The maximum Gasteiger partial charge on any atom is 0.220 e. The van der Waals surface area contributed by atoms with Crippen LogP contribution in [0.5, 0.6) is 0 Å². The fraction of sp³-hybridized carbons (Fsp3) is 0.946. The zero-order valence-electron chi connectivity index (χ0n) is 44.3. The van der Waals surface area contributed by atoms with Gasteiger partial charge in [-0.1, -0.05) is 231 Å². The van der Waals surface area contributed by atoms with Crippen molar-refractivity contribution in [2.45, 2.75) is 319 Å². The van der Waals surface area contributed by atoms with E-state index >= 15 is 0 Å². The van der Waals surface area contributed by atoms with Crippen molar-refractivity contribution in [3.05, 3.63) is 12.2 Å². The van der Waals surface area contributed by atoms with E-state index in [9.17, 15) is 45.6 Å². The van der Waals surface area contributed by atoms with Gasteiger partial charge < -0.3 is 65.1 Å². The molecule has 0 aromatic rings. The number of amides is 1. The molecule has 0 aromatic carbocycles. The summed E-state index contributed by atoms with van der Waals surface area (Å²) in [7, 11) is 0. The van der Waals surface area contributed by atoms with Crippen molar-refractivity contribution in [2.75, 3.05) is 19.8 Å². The second kappa shape index (κ2) is 43.0. The Bertz CT molecular complexity index is 1230. The first-order chi connectivity index (χ1) is 34.1. The highest BCUT2D eigenvalue weighted by Crippen LogP contribution is 2.30. The summed E-state index contributed by atoms with van der Waals surface area (Å²) in [6.07, 6.45) is 31.1. The normalized spacial score (nSPS) is 26.0. The summed E-state index contributed by atoms with van der Waals surface area (Å²) in [5.41, 5.74) is 0. The SMILES string of the molecule is CCCCCCCCCCCCCC/C=C/C(O)C(COC1OC(CO)C(OC2OC(CO)C(O)C(O)C2O)C(O)C1O)NC(=O)CCCCCCCCCCCCCCCCCCCCCCCC. The molecule has 1 amide bonds. The second-order valence-electron chi connectivity index (χ2n) is 20.8. The van der Waals surface area contributed by atoms with Crippen molar-refractivity contribution in [3.8, 4) is 0 Å². The summed E-state index contributed by atoms with van der Waals surface area (Å²) in [5.74, 6) is -0.235. The standard InChI is InChI=1S/C56H107NO13/c1-3-5-7-9-11-13-15-17-19-20-21-22-23-24-25-26-28-30-32-34-36-38-40-48(61)57-44(45(60)39-37-35-33-31-29-27-18-16-14-12-10-8-6-4-2)43-67-55-53(66)51(64)54(47(42-59)69-55)70-56-52(65)50(63)49(62)46(41-58)68-56/h37,39,44-47,49-56,58-60,62-66H,3-36,38,40-43H2,1-2H3,(H,57,61)/b39-37+. The number of carbonyl (C=O) groups is 1. The number of aliphatic hydroxyl groups is 8. The summed E-state index contributed by atoms with van der Waals surface area (Å²) in [4.78, 5) is 13.2. The van der Waals surface area contributed by atoms with Gasteiger partial charge in [0, 0.05) is 6.42 Å². The van der Waals surface area contributed by atoms with Gasteiger partial charge in [0.2, 0.25) is 5.91 Å². The molecule has 2 heterocycles. The summed E-state index contributed by atoms with van der Waals surface area (Å²) < 4.78 is 22.7. The van der Waals surface area contributed by atoms with Gasteiger partial charge in [0.1, 0.15) is 48.8 Å². The summed E-state index contributed by atoms with van der Waals surface area (Å²) in [6.45, 7) is 2.82. The first kappa shape index (κ1) is 64.8. The Morgan fingerprint density at radius 2 is 0.886 bits per heavy atom. The van der Waals surface area contributed by atoms with Crippen LogP contribution >= 0.6 is 0 Å². The van der Waals surface area contributed by atoms with Crippen molar-refractivity contribution in [3.63, 3.8) is 0 Å². The molecule has 2 aliphatic heterocycles. The lowest BCUT2D eigenvalue weighted by molar-refractivity contribution is -0.359. The third-order valence-electron chi connectivity index (χ3n) is 14.5. The van der Waals surface area contributed by atoms with Gasteiger partial charge in [-0.15, -0.1) is 0 Å². The first-order valence-electron chi connectivity index (χ1n) is 28.9. The fourth-order valence-electron chi connectivity index (χ4n) is 9.76. The maximum atomic E-state index is 13.2. The number of aliphatic hydroxyl groups excluding tert-OH is 8. The minimum absolute atomic E-state index is 0.235. The van der Waals surface area contributed by atoms with Gasteiger partial charge in [0.25, 0.3) is 0 Å². The molecule has 414 valence electrons. The average molecular weight is 1000 g/mol. The van der Waals surface area contributed by atoms with Crippen LogP contribution in [0.25, 0.3) is 0 Å². The molecule has 0 aromatic heterocycles. The third-order valence-corrected chi connectivity index (χ3v) is 14.5. The van der Waals surface area contributed by atoms with E-state index in [4.69, 9.17) is 18.9 Å². The molecule has 2 aliphatic rings. The van der Waals surface area contributed by atoms with Crippen molar-refractivity contribution in [1.82, 2.24) is 5.32 Å². The van der Waals surface area contributed by atoms with Crippen molar-refractivity contribution >= 4 is 5.91 Å². The minimum Gasteiger partial charge on any atom is -0.394 e. The number of hydrogen-bond acceptors (Lipinski definition) is 13. The minimum atomic E-state index is -1.78. The zero-order valence-corrected chi connectivity index (χ0v) is 44.3. The molecule has 70 heavy (non-hydrogen) atoms. The molecule has 2 saturated heterocycles. The molecule has 14 nitrogen and oxygen atoms in total. The van der Waals surface area contributed by atoms with E-state index < -0.39 is 86.8 Å². The Labute approximate surface area is 425 Å². The van der Waals surface area contributed by atoms with Crippen LogP contribution in [0.1, 0.15) is 245 Å². The highest BCUT2D eigenvalue weighted by atomic mass is 16.7. The molecule has 0 aliphatic carbocycles. The number of nitrogens with one attached hydrogen (secondary N) is 1. The molecule has 14 heteroatoms. The number of allylic oxidation sites excluding steroid dienone is 1. The van der Waals surface area contributed by atoms with E-state index in [1.807, 2.05) is 6.08 Å². The van der Waals surface area contributed by atoms with Crippen molar-refractivity contribution in [2.24, 2.45) is 0 Å². The summed E-state index contributed by atoms with van der Waals surface area (Å²) in [6, 6.07) is -0.908. The molecular weight excluding hydrogens is 895 g/mol. The topological polar surface area (TPSA) is 228 Å². The second-order valence-corrected chi connectivity index (χ2v) is 20.8. The van der Waals surface area contributed by atoms with Crippen molar-refractivity contribution in [1.29, 1.82) is 0 Å². The largest absolute Gasteiger partial charge is 0.394 e. The molecule has 0 bridgehead atoms. The molecule has 12 unspecified atom stereocenters. The number of rotatable bonds is 46. The van der Waals surface area contributed by atoms with E-state index in [0.717, 1.165) is 38.5 Å². The van der Waals surface area contributed by atoms with Gasteiger partial charge in [-0.05, 0) is 19.3 Å². The van der Waals surface area contributed by atoms with Gasteiger partial charge in [0.15, 0.2) is 12.6 Å². The van der Waals surface area contributed by atoms with Gasteiger partial charge in [-0.25, -0.2) is 0 Å². The fourth-order valence-corrected chi connectivity index (χ4v) is 9.76. The zero-order chi connectivity index (χ0) is 51.0. The lowest BCUT2D eigenvalue weighted by Gasteiger charge is -2.46. The van der Waals surface area contributed by atoms with Gasteiger partial charge in [-0.2, -0.15) is 0 Å². The van der Waals surface area contributed by atoms with E-state index in [1.165, 1.54) is 180 Å². The lowest BCUT2D eigenvalue weighted by Crippen LogP contribution is -2.65. The molecule has 2 fully saturated rings. The summed E-state index contributed by atoms with van der Waals surface area (Å²) >= 11 is 0. The molecule has 12 atom stereocenters. The van der Waals surface area contributed by atoms with Crippen LogP contribution < -0.4 is 5.32 Å². The Kier molecular flexibility index (Phi) is 39.9. The van der Waals surface area contributed by atoms with Crippen LogP contribution in [0.2, 0.25) is 0 Å². The monoisotopic (exact) mass is 1000 g/mol. The summed E-state index contributed by atoms with van der Waals surface area (Å²) in [5, 5.41) is 86.9. The smallest absolute Gasteiger partial charge is 0.220 e. The Balaban J connectivity index is 1.76.